The van der Waals surface area contributed by atoms with Gasteiger partial charge in [-0.05, 0) is 12.3 Å². The molecule has 1 rings (SSSR count). The monoisotopic (exact) mass is 299 g/mol. The minimum absolute atomic E-state index is 0.0137. The third-order valence-corrected chi connectivity index (χ3v) is 3.26. The summed E-state index contributed by atoms with van der Waals surface area (Å²) in [6, 6.07) is 2.30. The third kappa shape index (κ3) is 3.84. The van der Waals surface area contributed by atoms with Crippen LogP contribution in [0.5, 0.6) is 0 Å². The second kappa shape index (κ2) is 6.56. The number of anilines is 1. The zero-order valence-corrected chi connectivity index (χ0v) is 12.5. The first-order chi connectivity index (χ1) is 9.23. The summed E-state index contributed by atoms with van der Waals surface area (Å²) in [6.07, 6.45) is 0.838. The Labute approximate surface area is 122 Å². The number of non-ortho nitro benzene ring substituents is 1. The summed E-state index contributed by atoms with van der Waals surface area (Å²) in [6.45, 7) is 4.66. The lowest BCUT2D eigenvalue weighted by molar-refractivity contribution is -0.384. The molecular weight excluding hydrogens is 282 g/mol. The number of nitrogens with zero attached hydrogens (tertiary/aromatic N) is 2. The molecule has 1 amide bonds. The van der Waals surface area contributed by atoms with Gasteiger partial charge in [-0.2, -0.15) is 0 Å². The van der Waals surface area contributed by atoms with E-state index in [0.717, 1.165) is 18.6 Å². The molecule has 0 radical (unpaired) electrons. The van der Waals surface area contributed by atoms with Crippen LogP contribution in [0.25, 0.3) is 0 Å². The number of rotatable bonds is 5. The van der Waals surface area contributed by atoms with Crippen LogP contribution in [-0.2, 0) is 0 Å². The maximum atomic E-state index is 12.3. The Kier molecular flexibility index (Phi) is 5.33. The molecule has 0 aliphatic heterocycles. The van der Waals surface area contributed by atoms with E-state index < -0.39 is 4.92 Å². The normalized spacial score (nSPS) is 10.7. The van der Waals surface area contributed by atoms with Gasteiger partial charge in [-0.3, -0.25) is 14.9 Å². The van der Waals surface area contributed by atoms with E-state index in [2.05, 4.69) is 13.8 Å². The fraction of sp³-hybridized carbons (Fsp3) is 0.462. The van der Waals surface area contributed by atoms with Gasteiger partial charge < -0.3 is 10.6 Å². The Hall–Kier alpha value is -1.82. The standard InChI is InChI=1S/C13H18ClN3O3/c1-8(2)4-5-16(3)13(18)10-6-9(17(19)20)7-11(14)12(10)15/h6-8H,4-5,15H2,1-3H3. The van der Waals surface area contributed by atoms with Gasteiger partial charge in [0.1, 0.15) is 0 Å². The van der Waals surface area contributed by atoms with Gasteiger partial charge >= 0.3 is 0 Å². The summed E-state index contributed by atoms with van der Waals surface area (Å²) in [4.78, 5) is 24.0. The van der Waals surface area contributed by atoms with Crippen molar-refractivity contribution in [1.29, 1.82) is 0 Å². The van der Waals surface area contributed by atoms with Crippen LogP contribution < -0.4 is 5.73 Å². The highest BCUT2D eigenvalue weighted by atomic mass is 35.5. The average molecular weight is 300 g/mol. The molecule has 110 valence electrons. The molecule has 0 aliphatic rings. The molecule has 7 heteroatoms. The second-order valence-corrected chi connectivity index (χ2v) is 5.46. The largest absolute Gasteiger partial charge is 0.397 e. The Morgan fingerprint density at radius 2 is 2.10 bits per heavy atom. The smallest absolute Gasteiger partial charge is 0.271 e. The van der Waals surface area contributed by atoms with Crippen molar-refractivity contribution in [2.45, 2.75) is 20.3 Å². The number of nitro benzene ring substituents is 1. The molecule has 20 heavy (non-hydrogen) atoms. The van der Waals surface area contributed by atoms with Crippen molar-refractivity contribution in [3.05, 3.63) is 32.8 Å². The molecule has 2 N–H and O–H groups in total. The minimum Gasteiger partial charge on any atom is -0.397 e. The number of hydrogen-bond acceptors (Lipinski definition) is 4. The Bertz CT molecular complexity index is 532. The maximum Gasteiger partial charge on any atom is 0.271 e. The van der Waals surface area contributed by atoms with Crippen LogP contribution in [0.4, 0.5) is 11.4 Å². The minimum atomic E-state index is -0.601. The van der Waals surface area contributed by atoms with E-state index in [1.165, 1.54) is 4.90 Å². The highest BCUT2D eigenvalue weighted by Crippen LogP contribution is 2.29. The molecule has 0 unspecified atom stereocenters. The number of nitrogens with two attached hydrogens (primary N) is 1. The Morgan fingerprint density at radius 3 is 2.60 bits per heavy atom. The number of hydrogen-bond donors (Lipinski definition) is 1. The molecule has 0 aliphatic carbocycles. The van der Waals surface area contributed by atoms with E-state index in [9.17, 15) is 14.9 Å². The Balaban J connectivity index is 3.05. The highest BCUT2D eigenvalue weighted by molar-refractivity contribution is 6.34. The quantitative estimate of drug-likeness (QED) is 0.514. The van der Waals surface area contributed by atoms with E-state index in [1.54, 1.807) is 7.05 Å². The molecular formula is C13H18ClN3O3. The summed E-state index contributed by atoms with van der Waals surface area (Å²) < 4.78 is 0. The highest BCUT2D eigenvalue weighted by Gasteiger charge is 2.21. The predicted octanol–water partition coefficient (Wildman–Crippen LogP) is 2.95. The van der Waals surface area contributed by atoms with Gasteiger partial charge in [0.25, 0.3) is 11.6 Å². The summed E-state index contributed by atoms with van der Waals surface area (Å²) >= 11 is 5.84. The molecule has 6 nitrogen and oxygen atoms in total. The zero-order valence-electron chi connectivity index (χ0n) is 11.7. The third-order valence-electron chi connectivity index (χ3n) is 2.94. The molecule has 0 saturated heterocycles. The van der Waals surface area contributed by atoms with E-state index >= 15 is 0 Å². The molecule has 1 aromatic carbocycles. The molecule has 0 bridgehead atoms. The number of amides is 1. The van der Waals surface area contributed by atoms with Crippen LogP contribution >= 0.6 is 11.6 Å². The number of carbonyl (C=O) groups is 1. The van der Waals surface area contributed by atoms with Crippen LogP contribution in [0.3, 0.4) is 0 Å². The van der Waals surface area contributed by atoms with Crippen molar-refractivity contribution in [2.24, 2.45) is 5.92 Å². The zero-order chi connectivity index (χ0) is 15.4. The van der Waals surface area contributed by atoms with Crippen molar-refractivity contribution in [1.82, 2.24) is 4.90 Å². The lowest BCUT2D eigenvalue weighted by Crippen LogP contribution is -2.29. The SMILES string of the molecule is CC(C)CCN(C)C(=O)c1cc([N+](=O)[O-])cc(Cl)c1N. The molecule has 0 heterocycles. The van der Waals surface area contributed by atoms with Crippen LogP contribution in [0.15, 0.2) is 12.1 Å². The lowest BCUT2D eigenvalue weighted by Gasteiger charge is -2.19. The van der Waals surface area contributed by atoms with Crippen molar-refractivity contribution in [2.75, 3.05) is 19.3 Å². The van der Waals surface area contributed by atoms with Gasteiger partial charge in [-0.15, -0.1) is 0 Å². The Morgan fingerprint density at radius 1 is 1.50 bits per heavy atom. The van der Waals surface area contributed by atoms with Crippen molar-refractivity contribution < 1.29 is 9.72 Å². The average Bonchev–Trinajstić information content (AvgIpc) is 2.37. The second-order valence-electron chi connectivity index (χ2n) is 5.06. The van der Waals surface area contributed by atoms with Gasteiger partial charge in [-0.1, -0.05) is 25.4 Å². The first kappa shape index (κ1) is 16.2. The van der Waals surface area contributed by atoms with Crippen LogP contribution in [0.1, 0.15) is 30.6 Å². The van der Waals surface area contributed by atoms with Crippen molar-refractivity contribution in [3.63, 3.8) is 0 Å². The fourth-order valence-corrected chi connectivity index (χ4v) is 1.86. The number of carbonyl (C=O) groups excluding carboxylic acids is 1. The molecule has 0 atom stereocenters. The van der Waals surface area contributed by atoms with Gasteiger partial charge in [0.05, 0.1) is 21.2 Å². The van der Waals surface area contributed by atoms with Gasteiger partial charge in [0, 0.05) is 25.7 Å². The van der Waals surface area contributed by atoms with Gasteiger partial charge in [0.2, 0.25) is 0 Å². The molecule has 0 fully saturated rings. The molecule has 0 aromatic heterocycles. The number of nitrogen functional groups attached to an aromatic ring is 1. The van der Waals surface area contributed by atoms with Gasteiger partial charge in [-0.25, -0.2) is 0 Å². The summed E-state index contributed by atoms with van der Waals surface area (Å²) in [5.74, 6) is 0.0880. The summed E-state index contributed by atoms with van der Waals surface area (Å²) in [5.41, 5.74) is 5.63. The van der Waals surface area contributed by atoms with Crippen LogP contribution in [0, 0.1) is 16.0 Å². The maximum absolute atomic E-state index is 12.3. The predicted molar refractivity (Wildman–Crippen MR) is 78.9 cm³/mol. The molecule has 0 spiro atoms. The van der Waals surface area contributed by atoms with Crippen molar-refractivity contribution >= 4 is 28.9 Å². The van der Waals surface area contributed by atoms with Gasteiger partial charge in [0.15, 0.2) is 0 Å². The number of halogens is 1. The topological polar surface area (TPSA) is 89.5 Å². The summed E-state index contributed by atoms with van der Waals surface area (Å²) in [7, 11) is 1.64. The summed E-state index contributed by atoms with van der Waals surface area (Å²) in [5, 5.41) is 10.8. The fourth-order valence-electron chi connectivity index (χ4n) is 1.64. The van der Waals surface area contributed by atoms with Crippen LogP contribution in [-0.4, -0.2) is 29.3 Å². The first-order valence-corrected chi connectivity index (χ1v) is 6.60. The van der Waals surface area contributed by atoms with Crippen LogP contribution in [0.2, 0.25) is 5.02 Å². The lowest BCUT2D eigenvalue weighted by atomic mass is 10.1. The van der Waals surface area contributed by atoms with E-state index in [0.29, 0.717) is 12.5 Å². The van der Waals surface area contributed by atoms with Crippen molar-refractivity contribution in [3.8, 4) is 0 Å². The molecule has 1 aromatic rings. The molecule has 0 saturated carbocycles. The number of benzene rings is 1. The van der Waals surface area contributed by atoms with E-state index in [-0.39, 0.29) is 27.9 Å². The first-order valence-electron chi connectivity index (χ1n) is 6.23. The van der Waals surface area contributed by atoms with E-state index in [1.807, 2.05) is 0 Å². The van der Waals surface area contributed by atoms with E-state index in [4.69, 9.17) is 17.3 Å². The number of nitro groups is 1.